The van der Waals surface area contributed by atoms with Gasteiger partial charge in [-0.05, 0) is 6.92 Å². The molecule has 2 nitrogen and oxygen atoms in total. The van der Waals surface area contributed by atoms with Crippen LogP contribution in [0.2, 0.25) is 0 Å². The molecule has 0 amide bonds. The van der Waals surface area contributed by atoms with Gasteiger partial charge in [0.05, 0.1) is 0 Å². The molecule has 2 heteroatoms. The lowest BCUT2D eigenvalue weighted by Gasteiger charge is -1.31. The molecule has 0 aromatic heterocycles. The molecule has 0 aliphatic carbocycles. The van der Waals surface area contributed by atoms with E-state index in [4.69, 9.17) is 9.59 Å². The number of rotatable bonds is 0. The Labute approximate surface area is 36.5 Å². The molecule has 0 radical (unpaired) electrons. The second-order valence-electron chi connectivity index (χ2n) is 0.492. The molecule has 0 heterocycles. The van der Waals surface area contributed by atoms with Crippen LogP contribution in [0.25, 0.3) is 0 Å². The van der Waals surface area contributed by atoms with Crippen LogP contribution in [0.5, 0.6) is 0 Å². The second kappa shape index (κ2) is 32.0. The monoisotopic (exact) mass is 86.0 g/mol. The van der Waals surface area contributed by atoms with E-state index in [2.05, 4.69) is 6.58 Å². The van der Waals surface area contributed by atoms with E-state index in [0.717, 1.165) is 0 Å². The summed E-state index contributed by atoms with van der Waals surface area (Å²) in [6.45, 7) is 5.25. The van der Waals surface area contributed by atoms with Crippen LogP contribution < -0.4 is 0 Å². The molecule has 0 aliphatic rings. The SMILES string of the molecule is C=CC.O=C=O. The maximum Gasteiger partial charge on any atom is 0.373 e. The van der Waals surface area contributed by atoms with Crippen LogP contribution in [0.15, 0.2) is 12.7 Å². The van der Waals surface area contributed by atoms with Crippen molar-refractivity contribution in [1.82, 2.24) is 0 Å². The van der Waals surface area contributed by atoms with Crippen LogP contribution in [0.3, 0.4) is 0 Å². The maximum absolute atomic E-state index is 8.12. The van der Waals surface area contributed by atoms with Crippen LogP contribution in [-0.2, 0) is 9.59 Å². The van der Waals surface area contributed by atoms with E-state index in [1.165, 1.54) is 0 Å². The van der Waals surface area contributed by atoms with Gasteiger partial charge in [-0.1, -0.05) is 6.08 Å². The van der Waals surface area contributed by atoms with Crippen molar-refractivity contribution in [1.29, 1.82) is 0 Å². The number of hydrogen-bond acceptors (Lipinski definition) is 2. The van der Waals surface area contributed by atoms with E-state index in [1.807, 2.05) is 6.92 Å². The molecule has 0 aromatic rings. The molecule has 0 atom stereocenters. The number of hydrogen-bond donors (Lipinski definition) is 0. The molecule has 0 spiro atoms. The fourth-order valence-corrected chi connectivity index (χ4v) is 0. The summed E-state index contributed by atoms with van der Waals surface area (Å²) in [7, 11) is 0. The van der Waals surface area contributed by atoms with Gasteiger partial charge in [-0.2, -0.15) is 9.59 Å². The van der Waals surface area contributed by atoms with Gasteiger partial charge in [-0.25, -0.2) is 0 Å². The third-order valence-corrected chi connectivity index (χ3v) is 0. The van der Waals surface area contributed by atoms with E-state index in [1.54, 1.807) is 6.08 Å². The first-order valence-electron chi connectivity index (χ1n) is 1.39. The predicted molar refractivity (Wildman–Crippen MR) is 20.9 cm³/mol. The largest absolute Gasteiger partial charge is 0.373 e. The quantitative estimate of drug-likeness (QED) is 0.405. The highest BCUT2D eigenvalue weighted by atomic mass is 16.2. The molecule has 0 N–H and O–H groups in total. The standard InChI is InChI=1S/C3H6.CO2/c1-3-2;2-1-3/h3H,1H2,2H3;. The summed E-state index contributed by atoms with van der Waals surface area (Å²) in [6.07, 6.45) is 2.00. The number of carbonyl (C=O) groups excluding carboxylic acids is 2. The van der Waals surface area contributed by atoms with Crippen molar-refractivity contribution in [2.45, 2.75) is 6.92 Å². The van der Waals surface area contributed by atoms with Crippen molar-refractivity contribution in [3.8, 4) is 0 Å². The van der Waals surface area contributed by atoms with Gasteiger partial charge in [0.25, 0.3) is 0 Å². The first-order valence-corrected chi connectivity index (χ1v) is 1.39. The third kappa shape index (κ3) is 18.1. The summed E-state index contributed by atoms with van der Waals surface area (Å²) >= 11 is 0. The molecule has 0 rings (SSSR count). The number of allylic oxidation sites excluding steroid dienone is 1. The fraction of sp³-hybridized carbons (Fsp3) is 0.250. The lowest BCUT2D eigenvalue weighted by Crippen LogP contribution is -1.22. The van der Waals surface area contributed by atoms with Gasteiger partial charge in [0.15, 0.2) is 0 Å². The molecule has 0 fully saturated rings. The van der Waals surface area contributed by atoms with Gasteiger partial charge in [-0.3, -0.25) is 0 Å². The average Bonchev–Trinajstić information content (AvgIpc) is 1.39. The molecule has 6 heavy (non-hydrogen) atoms. The molecule has 0 saturated carbocycles. The van der Waals surface area contributed by atoms with Crippen LogP contribution in [-0.4, -0.2) is 6.15 Å². The van der Waals surface area contributed by atoms with Crippen molar-refractivity contribution >= 4 is 6.15 Å². The minimum Gasteiger partial charge on any atom is -0.186 e. The Bertz CT molecular complexity index is 50.6. The molecule has 0 aromatic carbocycles. The Morgan fingerprint density at radius 2 is 1.67 bits per heavy atom. The predicted octanol–water partition coefficient (Wildman–Crippen LogP) is 0.609. The Morgan fingerprint density at radius 3 is 1.67 bits per heavy atom. The highest BCUT2D eigenvalue weighted by molar-refractivity contribution is 5.20. The highest BCUT2D eigenvalue weighted by Crippen LogP contribution is 1.38. The van der Waals surface area contributed by atoms with E-state index in [9.17, 15) is 0 Å². The Hall–Kier alpha value is -0.880. The van der Waals surface area contributed by atoms with Crippen LogP contribution >= 0.6 is 0 Å². The van der Waals surface area contributed by atoms with Crippen LogP contribution in [0.4, 0.5) is 0 Å². The summed E-state index contributed by atoms with van der Waals surface area (Å²) in [4.78, 5) is 16.2. The highest BCUT2D eigenvalue weighted by Gasteiger charge is 1.15. The Kier molecular flexibility index (Phi) is 47.6. The lowest BCUT2D eigenvalue weighted by molar-refractivity contribution is -0.191. The third-order valence-electron chi connectivity index (χ3n) is 0. The summed E-state index contributed by atoms with van der Waals surface area (Å²) in [5.41, 5.74) is 0. The Morgan fingerprint density at radius 1 is 1.67 bits per heavy atom. The minimum atomic E-state index is 0.250. The molecule has 0 saturated heterocycles. The minimum absolute atomic E-state index is 0.250. The van der Waals surface area contributed by atoms with Crippen molar-refractivity contribution < 1.29 is 9.59 Å². The first kappa shape index (κ1) is 8.93. The summed E-state index contributed by atoms with van der Waals surface area (Å²) in [5, 5.41) is 0. The topological polar surface area (TPSA) is 34.1 Å². The zero-order valence-corrected chi connectivity index (χ0v) is 3.60. The van der Waals surface area contributed by atoms with E-state index < -0.39 is 0 Å². The average molecular weight is 86.1 g/mol. The first-order chi connectivity index (χ1) is 2.83. The van der Waals surface area contributed by atoms with Gasteiger partial charge in [0.2, 0.25) is 0 Å². The Balaban J connectivity index is 0. The molecule has 0 unspecified atom stereocenters. The zero-order chi connectivity index (χ0) is 5.41. The van der Waals surface area contributed by atoms with E-state index in [0.29, 0.717) is 0 Å². The molecule has 0 aliphatic heterocycles. The van der Waals surface area contributed by atoms with Gasteiger partial charge < -0.3 is 0 Å². The molecule has 0 bridgehead atoms. The van der Waals surface area contributed by atoms with E-state index in [-0.39, 0.29) is 6.15 Å². The van der Waals surface area contributed by atoms with Crippen molar-refractivity contribution in [3.05, 3.63) is 12.7 Å². The van der Waals surface area contributed by atoms with Crippen LogP contribution in [0, 0.1) is 0 Å². The summed E-state index contributed by atoms with van der Waals surface area (Å²) in [5.74, 6) is 0. The zero-order valence-electron chi connectivity index (χ0n) is 3.60. The lowest BCUT2D eigenvalue weighted by atomic mass is 10.8. The van der Waals surface area contributed by atoms with Gasteiger partial charge in [0.1, 0.15) is 0 Å². The maximum atomic E-state index is 8.12. The molecular weight excluding hydrogens is 80.0 g/mol. The van der Waals surface area contributed by atoms with E-state index >= 15 is 0 Å². The molecule has 34 valence electrons. The van der Waals surface area contributed by atoms with Crippen molar-refractivity contribution in [2.24, 2.45) is 0 Å². The van der Waals surface area contributed by atoms with Gasteiger partial charge in [-0.15, -0.1) is 6.58 Å². The van der Waals surface area contributed by atoms with Crippen molar-refractivity contribution in [2.75, 3.05) is 0 Å². The van der Waals surface area contributed by atoms with Gasteiger partial charge in [0, 0.05) is 0 Å². The summed E-state index contributed by atoms with van der Waals surface area (Å²) in [6, 6.07) is 0. The van der Waals surface area contributed by atoms with Crippen molar-refractivity contribution in [3.63, 3.8) is 0 Å². The second-order valence-corrected chi connectivity index (χ2v) is 0.492. The molecular formula is C4H6O2. The fourth-order valence-electron chi connectivity index (χ4n) is 0. The van der Waals surface area contributed by atoms with Gasteiger partial charge >= 0.3 is 6.15 Å². The smallest absolute Gasteiger partial charge is 0.186 e. The normalized spacial score (nSPS) is 3.50. The van der Waals surface area contributed by atoms with Crippen LogP contribution in [0.1, 0.15) is 6.92 Å². The summed E-state index contributed by atoms with van der Waals surface area (Å²) < 4.78 is 0.